The molecule has 0 saturated carbocycles. The van der Waals surface area contributed by atoms with E-state index in [1.54, 1.807) is 6.20 Å². The second-order valence-electron chi connectivity index (χ2n) is 3.27. The lowest BCUT2D eigenvalue weighted by molar-refractivity contribution is 0.754. The monoisotopic (exact) mass is 176 g/mol. The number of pyridine rings is 1. The molecular formula is C11H16N2. The zero-order valence-corrected chi connectivity index (χ0v) is 8.25. The zero-order valence-electron chi connectivity index (χ0n) is 8.25. The van der Waals surface area contributed by atoms with Gasteiger partial charge in [0.15, 0.2) is 0 Å². The van der Waals surface area contributed by atoms with E-state index in [4.69, 9.17) is 0 Å². The first kappa shape index (κ1) is 9.93. The van der Waals surface area contributed by atoms with E-state index in [1.165, 1.54) is 11.1 Å². The Kier molecular flexibility index (Phi) is 4.19. The number of nitrogens with one attached hydrogen (secondary N) is 1. The summed E-state index contributed by atoms with van der Waals surface area (Å²) in [6.45, 7) is 6.02. The van der Waals surface area contributed by atoms with Gasteiger partial charge in [0.25, 0.3) is 0 Å². The Morgan fingerprint density at radius 1 is 1.54 bits per heavy atom. The zero-order chi connectivity index (χ0) is 9.52. The van der Waals surface area contributed by atoms with E-state index >= 15 is 0 Å². The first-order chi connectivity index (χ1) is 6.29. The summed E-state index contributed by atoms with van der Waals surface area (Å²) < 4.78 is 0. The van der Waals surface area contributed by atoms with Crippen LogP contribution in [0.2, 0.25) is 0 Å². The standard InChI is InChI=1S/C11H16N2/c1-10(2)5-7-13-9-11-4-3-6-12-8-11/h3-6,8,13H,7,9H2,1-2H3. The minimum Gasteiger partial charge on any atom is -0.309 e. The molecule has 1 N–H and O–H groups in total. The van der Waals surface area contributed by atoms with Crippen LogP contribution in [0.5, 0.6) is 0 Å². The minimum absolute atomic E-state index is 0.887. The van der Waals surface area contributed by atoms with Gasteiger partial charge in [0.2, 0.25) is 0 Å². The molecule has 0 unspecified atom stereocenters. The highest BCUT2D eigenvalue weighted by molar-refractivity contribution is 5.08. The fraction of sp³-hybridized carbons (Fsp3) is 0.364. The molecule has 0 atom stereocenters. The van der Waals surface area contributed by atoms with Crippen molar-refractivity contribution < 1.29 is 0 Å². The Hall–Kier alpha value is -1.15. The summed E-state index contributed by atoms with van der Waals surface area (Å²) in [4.78, 5) is 4.04. The number of nitrogens with zero attached hydrogens (tertiary/aromatic N) is 1. The lowest BCUT2D eigenvalue weighted by atomic mass is 10.3. The van der Waals surface area contributed by atoms with Crippen LogP contribution in [0.4, 0.5) is 0 Å². The van der Waals surface area contributed by atoms with Crippen LogP contribution < -0.4 is 5.32 Å². The van der Waals surface area contributed by atoms with Crippen molar-refractivity contribution in [1.82, 2.24) is 10.3 Å². The normalized spacial score (nSPS) is 9.69. The van der Waals surface area contributed by atoms with Crippen molar-refractivity contribution in [3.63, 3.8) is 0 Å². The predicted molar refractivity (Wildman–Crippen MR) is 55.4 cm³/mol. The number of rotatable bonds is 4. The summed E-state index contributed by atoms with van der Waals surface area (Å²) in [5.74, 6) is 0. The second-order valence-corrected chi connectivity index (χ2v) is 3.27. The maximum atomic E-state index is 4.04. The van der Waals surface area contributed by atoms with Gasteiger partial charge in [-0.3, -0.25) is 4.98 Å². The van der Waals surface area contributed by atoms with Crippen LogP contribution in [-0.4, -0.2) is 11.5 Å². The Morgan fingerprint density at radius 3 is 3.00 bits per heavy atom. The molecular weight excluding hydrogens is 160 g/mol. The van der Waals surface area contributed by atoms with Crippen LogP contribution in [0.3, 0.4) is 0 Å². The molecule has 0 spiro atoms. The van der Waals surface area contributed by atoms with Crippen molar-refractivity contribution in [1.29, 1.82) is 0 Å². The molecule has 1 aromatic heterocycles. The topological polar surface area (TPSA) is 24.9 Å². The summed E-state index contributed by atoms with van der Waals surface area (Å²) in [5.41, 5.74) is 2.57. The number of allylic oxidation sites excluding steroid dienone is 1. The van der Waals surface area contributed by atoms with Gasteiger partial charge in [-0.1, -0.05) is 17.7 Å². The van der Waals surface area contributed by atoms with Gasteiger partial charge in [0.05, 0.1) is 0 Å². The van der Waals surface area contributed by atoms with E-state index in [2.05, 4.69) is 36.3 Å². The van der Waals surface area contributed by atoms with Crippen molar-refractivity contribution in [2.75, 3.05) is 6.54 Å². The SMILES string of the molecule is CC(C)=CCNCc1cccnc1. The van der Waals surface area contributed by atoms with Gasteiger partial charge in [0.1, 0.15) is 0 Å². The molecule has 0 bridgehead atoms. The Balaban J connectivity index is 2.25. The molecule has 2 heteroatoms. The van der Waals surface area contributed by atoms with Gasteiger partial charge in [-0.25, -0.2) is 0 Å². The minimum atomic E-state index is 0.887. The molecule has 0 radical (unpaired) electrons. The third-order valence-corrected chi connectivity index (χ3v) is 1.71. The predicted octanol–water partition coefficient (Wildman–Crippen LogP) is 2.14. The van der Waals surface area contributed by atoms with Gasteiger partial charge in [-0.15, -0.1) is 0 Å². The summed E-state index contributed by atoms with van der Waals surface area (Å²) in [6.07, 6.45) is 5.85. The van der Waals surface area contributed by atoms with E-state index in [-0.39, 0.29) is 0 Å². The fourth-order valence-corrected chi connectivity index (χ4v) is 0.995. The molecule has 0 aliphatic carbocycles. The van der Waals surface area contributed by atoms with E-state index < -0.39 is 0 Å². The van der Waals surface area contributed by atoms with Crippen molar-refractivity contribution in [2.45, 2.75) is 20.4 Å². The van der Waals surface area contributed by atoms with Gasteiger partial charge >= 0.3 is 0 Å². The molecule has 1 heterocycles. The summed E-state index contributed by atoms with van der Waals surface area (Å²) in [6, 6.07) is 4.03. The third kappa shape index (κ3) is 4.43. The Labute approximate surface area is 79.7 Å². The van der Waals surface area contributed by atoms with Crippen molar-refractivity contribution >= 4 is 0 Å². The quantitative estimate of drug-likeness (QED) is 0.561. The van der Waals surface area contributed by atoms with Gasteiger partial charge in [-0.05, 0) is 25.5 Å². The smallest absolute Gasteiger partial charge is 0.0312 e. The van der Waals surface area contributed by atoms with E-state index in [1.807, 2.05) is 12.3 Å². The van der Waals surface area contributed by atoms with Gasteiger partial charge in [0, 0.05) is 25.5 Å². The molecule has 1 aromatic rings. The van der Waals surface area contributed by atoms with Crippen LogP contribution in [0, 0.1) is 0 Å². The lowest BCUT2D eigenvalue weighted by Gasteiger charge is -2.00. The van der Waals surface area contributed by atoms with Crippen molar-refractivity contribution in [3.05, 3.63) is 41.7 Å². The van der Waals surface area contributed by atoms with Crippen molar-refractivity contribution in [2.24, 2.45) is 0 Å². The highest BCUT2D eigenvalue weighted by Gasteiger charge is 1.88. The van der Waals surface area contributed by atoms with E-state index in [9.17, 15) is 0 Å². The number of hydrogen-bond donors (Lipinski definition) is 1. The maximum absolute atomic E-state index is 4.04. The molecule has 0 aromatic carbocycles. The van der Waals surface area contributed by atoms with Gasteiger partial charge < -0.3 is 5.32 Å². The average molecular weight is 176 g/mol. The third-order valence-electron chi connectivity index (χ3n) is 1.71. The van der Waals surface area contributed by atoms with E-state index in [0.29, 0.717) is 0 Å². The number of aromatic nitrogens is 1. The number of hydrogen-bond acceptors (Lipinski definition) is 2. The Bertz CT molecular complexity index is 261. The molecule has 2 nitrogen and oxygen atoms in total. The maximum Gasteiger partial charge on any atom is 0.0312 e. The van der Waals surface area contributed by atoms with Crippen LogP contribution in [0.15, 0.2) is 36.2 Å². The average Bonchev–Trinajstić information content (AvgIpc) is 2.14. The second kappa shape index (κ2) is 5.49. The molecule has 0 aliphatic heterocycles. The van der Waals surface area contributed by atoms with Crippen molar-refractivity contribution in [3.8, 4) is 0 Å². The van der Waals surface area contributed by atoms with Crippen LogP contribution in [0.25, 0.3) is 0 Å². The lowest BCUT2D eigenvalue weighted by Crippen LogP contribution is -2.13. The summed E-state index contributed by atoms with van der Waals surface area (Å²) in [7, 11) is 0. The molecule has 13 heavy (non-hydrogen) atoms. The highest BCUT2D eigenvalue weighted by Crippen LogP contribution is 1.94. The van der Waals surface area contributed by atoms with Crippen LogP contribution in [0.1, 0.15) is 19.4 Å². The van der Waals surface area contributed by atoms with E-state index in [0.717, 1.165) is 13.1 Å². The first-order valence-electron chi connectivity index (χ1n) is 4.52. The van der Waals surface area contributed by atoms with Gasteiger partial charge in [-0.2, -0.15) is 0 Å². The largest absolute Gasteiger partial charge is 0.309 e. The first-order valence-corrected chi connectivity index (χ1v) is 4.52. The summed E-state index contributed by atoms with van der Waals surface area (Å²) >= 11 is 0. The molecule has 1 rings (SSSR count). The molecule has 0 aliphatic rings. The molecule has 0 saturated heterocycles. The van der Waals surface area contributed by atoms with Crippen LogP contribution in [-0.2, 0) is 6.54 Å². The van der Waals surface area contributed by atoms with Crippen LogP contribution >= 0.6 is 0 Å². The highest BCUT2D eigenvalue weighted by atomic mass is 14.8. The summed E-state index contributed by atoms with van der Waals surface area (Å²) in [5, 5.41) is 3.32. The molecule has 70 valence electrons. The molecule has 0 fully saturated rings. The Morgan fingerprint density at radius 2 is 2.38 bits per heavy atom. The molecule has 0 amide bonds. The fourth-order valence-electron chi connectivity index (χ4n) is 0.995.